The highest BCUT2D eigenvalue weighted by Crippen LogP contribution is 2.36. The number of esters is 1. The van der Waals surface area contributed by atoms with Gasteiger partial charge in [0.15, 0.2) is 6.10 Å². The lowest BCUT2D eigenvalue weighted by molar-refractivity contribution is -0.157. The molecule has 0 aliphatic carbocycles. The Morgan fingerprint density at radius 1 is 0.963 bits per heavy atom. The molecule has 3 N–H and O–H groups in total. The Morgan fingerprint density at radius 3 is 2.04 bits per heavy atom. The summed E-state index contributed by atoms with van der Waals surface area (Å²) in [7, 11) is 0. The van der Waals surface area contributed by atoms with Crippen LogP contribution < -0.4 is 11.1 Å². The van der Waals surface area contributed by atoms with Gasteiger partial charge in [-0.1, -0.05) is 62.4 Å². The molecule has 0 unspecified atom stereocenters. The minimum absolute atomic E-state index is 0.327. The van der Waals surface area contributed by atoms with Crippen molar-refractivity contribution >= 4 is 29.7 Å². The number of hydrogen-bond acceptors (Lipinski definition) is 5. The predicted octanol–water partition coefficient (Wildman–Crippen LogP) is 3.28. The van der Waals surface area contributed by atoms with Gasteiger partial charge in [0.05, 0.1) is 0 Å². The third-order valence-corrected chi connectivity index (χ3v) is 4.91. The number of rotatable bonds is 7. The maximum Gasteiger partial charge on any atom is 0.324 e. The van der Waals surface area contributed by atoms with E-state index in [9.17, 15) is 14.4 Å². The molecule has 2 rings (SSSR count). The number of carbonyl (C=O) groups is 3. The normalized spacial score (nSPS) is 12.9. The van der Waals surface area contributed by atoms with Gasteiger partial charge in [-0.15, -0.1) is 11.8 Å². The summed E-state index contributed by atoms with van der Waals surface area (Å²) in [5, 5.41) is 1.32. The Morgan fingerprint density at radius 2 is 1.52 bits per heavy atom. The highest BCUT2D eigenvalue weighted by atomic mass is 32.2. The second-order valence-electron chi connectivity index (χ2n) is 6.18. The number of amides is 3. The van der Waals surface area contributed by atoms with E-state index in [4.69, 9.17) is 10.5 Å². The van der Waals surface area contributed by atoms with Crippen LogP contribution in [0.25, 0.3) is 0 Å². The fraction of sp³-hybridized carbons (Fsp3) is 0.250. The standard InChI is InChI=1S/C20H22N2O4S/c1-13(2)16(18(23)22-20(21)25)26-19(24)17(14-9-5-3-6-10-14)27-15-11-7-4-8-12-15/h3-13,16-17H,1-2H3,(H3,21,22,23,25)/t16-,17-/m0/s1. The van der Waals surface area contributed by atoms with E-state index in [1.807, 2.05) is 66.0 Å². The number of primary amides is 1. The van der Waals surface area contributed by atoms with Crippen LogP contribution in [-0.4, -0.2) is 24.0 Å². The van der Waals surface area contributed by atoms with Crippen LogP contribution in [0.3, 0.4) is 0 Å². The summed E-state index contributed by atoms with van der Waals surface area (Å²) in [6.07, 6.45) is -1.12. The summed E-state index contributed by atoms with van der Waals surface area (Å²) in [6.45, 7) is 3.45. The van der Waals surface area contributed by atoms with Crippen LogP contribution in [-0.2, 0) is 14.3 Å². The summed E-state index contributed by atoms with van der Waals surface area (Å²) < 4.78 is 5.48. The van der Waals surface area contributed by atoms with Crippen LogP contribution >= 0.6 is 11.8 Å². The maximum absolute atomic E-state index is 12.9. The van der Waals surface area contributed by atoms with E-state index in [1.54, 1.807) is 13.8 Å². The molecule has 0 saturated heterocycles. The molecule has 0 heterocycles. The molecule has 0 bridgehead atoms. The van der Waals surface area contributed by atoms with Gasteiger partial charge in [0, 0.05) is 4.90 Å². The van der Waals surface area contributed by atoms with Crippen LogP contribution in [0.4, 0.5) is 4.79 Å². The number of carbonyl (C=O) groups excluding carboxylic acids is 3. The number of imide groups is 1. The molecule has 6 nitrogen and oxygen atoms in total. The van der Waals surface area contributed by atoms with Gasteiger partial charge in [0.25, 0.3) is 5.91 Å². The first kappa shape index (κ1) is 20.5. The van der Waals surface area contributed by atoms with Gasteiger partial charge >= 0.3 is 12.0 Å². The Bertz CT molecular complexity index is 781. The zero-order chi connectivity index (χ0) is 19.8. The van der Waals surface area contributed by atoms with E-state index in [0.29, 0.717) is 0 Å². The lowest BCUT2D eigenvalue weighted by atomic mass is 10.1. The maximum atomic E-state index is 12.9. The van der Waals surface area contributed by atoms with Crippen molar-refractivity contribution in [1.29, 1.82) is 0 Å². The van der Waals surface area contributed by atoms with Gasteiger partial charge in [-0.2, -0.15) is 0 Å². The first-order valence-electron chi connectivity index (χ1n) is 8.46. The van der Waals surface area contributed by atoms with Gasteiger partial charge in [0.2, 0.25) is 0 Å². The topological polar surface area (TPSA) is 98.5 Å². The average molecular weight is 386 g/mol. The van der Waals surface area contributed by atoms with Crippen molar-refractivity contribution in [3.05, 3.63) is 66.2 Å². The Labute approximate surface area is 162 Å². The van der Waals surface area contributed by atoms with Gasteiger partial charge in [0.1, 0.15) is 5.25 Å². The van der Waals surface area contributed by atoms with Crippen molar-refractivity contribution in [2.24, 2.45) is 11.7 Å². The lowest BCUT2D eigenvalue weighted by Crippen LogP contribution is -2.46. The Kier molecular flexibility index (Phi) is 7.43. The molecule has 3 amide bonds. The highest BCUT2D eigenvalue weighted by Gasteiger charge is 2.32. The summed E-state index contributed by atoms with van der Waals surface area (Å²) in [6, 6.07) is 17.6. The summed E-state index contributed by atoms with van der Waals surface area (Å²) in [5.41, 5.74) is 5.76. The van der Waals surface area contributed by atoms with Gasteiger partial charge in [-0.05, 0) is 23.6 Å². The molecular formula is C20H22N2O4S. The fourth-order valence-electron chi connectivity index (χ4n) is 2.39. The van der Waals surface area contributed by atoms with Crippen molar-refractivity contribution in [2.45, 2.75) is 30.1 Å². The van der Waals surface area contributed by atoms with Crippen molar-refractivity contribution < 1.29 is 19.1 Å². The van der Waals surface area contributed by atoms with Crippen LogP contribution in [0.15, 0.2) is 65.6 Å². The van der Waals surface area contributed by atoms with Crippen molar-refractivity contribution in [2.75, 3.05) is 0 Å². The first-order chi connectivity index (χ1) is 12.9. The molecular weight excluding hydrogens is 364 g/mol. The number of ether oxygens (including phenoxy) is 1. The van der Waals surface area contributed by atoms with Crippen molar-refractivity contribution in [3.63, 3.8) is 0 Å². The molecule has 2 aromatic carbocycles. The zero-order valence-corrected chi connectivity index (χ0v) is 15.9. The smallest absolute Gasteiger partial charge is 0.324 e. The third-order valence-electron chi connectivity index (χ3n) is 3.67. The molecule has 0 aliphatic heterocycles. The lowest BCUT2D eigenvalue weighted by Gasteiger charge is -2.23. The number of hydrogen-bond donors (Lipinski definition) is 2. The molecule has 0 spiro atoms. The van der Waals surface area contributed by atoms with E-state index < -0.39 is 29.3 Å². The summed E-state index contributed by atoms with van der Waals surface area (Å²) in [5.74, 6) is -1.62. The van der Waals surface area contributed by atoms with Crippen LogP contribution in [0.1, 0.15) is 24.7 Å². The molecule has 0 fully saturated rings. The SMILES string of the molecule is CC(C)[C@H](OC(=O)[C@@H](Sc1ccccc1)c1ccccc1)C(=O)NC(N)=O. The number of thioether (sulfide) groups is 1. The minimum atomic E-state index is -1.12. The number of nitrogens with one attached hydrogen (secondary N) is 1. The van der Waals surface area contributed by atoms with Gasteiger partial charge < -0.3 is 10.5 Å². The summed E-state index contributed by atoms with van der Waals surface area (Å²) >= 11 is 1.33. The van der Waals surface area contributed by atoms with E-state index in [-0.39, 0.29) is 5.92 Å². The molecule has 2 atom stereocenters. The van der Waals surface area contributed by atoms with Gasteiger partial charge in [-0.3, -0.25) is 14.9 Å². The quantitative estimate of drug-likeness (QED) is 0.562. The van der Waals surface area contributed by atoms with E-state index in [2.05, 4.69) is 0 Å². The monoisotopic (exact) mass is 386 g/mol. The van der Waals surface area contributed by atoms with E-state index in [1.165, 1.54) is 11.8 Å². The minimum Gasteiger partial charge on any atom is -0.451 e. The average Bonchev–Trinajstić information content (AvgIpc) is 2.64. The largest absolute Gasteiger partial charge is 0.451 e. The first-order valence-corrected chi connectivity index (χ1v) is 9.34. The van der Waals surface area contributed by atoms with Gasteiger partial charge in [-0.25, -0.2) is 4.79 Å². The number of urea groups is 1. The Hall–Kier alpha value is -2.80. The molecule has 2 aromatic rings. The molecule has 27 heavy (non-hydrogen) atoms. The van der Waals surface area contributed by atoms with Crippen LogP contribution in [0, 0.1) is 5.92 Å². The molecule has 0 radical (unpaired) electrons. The number of benzene rings is 2. The summed E-state index contributed by atoms with van der Waals surface area (Å²) in [4.78, 5) is 36.9. The van der Waals surface area contributed by atoms with E-state index in [0.717, 1.165) is 10.5 Å². The molecule has 0 aliphatic rings. The van der Waals surface area contributed by atoms with Crippen molar-refractivity contribution in [3.8, 4) is 0 Å². The molecule has 142 valence electrons. The fourth-order valence-corrected chi connectivity index (χ4v) is 3.42. The number of nitrogens with two attached hydrogens (primary N) is 1. The molecule has 0 saturated carbocycles. The van der Waals surface area contributed by atoms with Crippen LogP contribution in [0.2, 0.25) is 0 Å². The predicted molar refractivity (Wildman–Crippen MR) is 104 cm³/mol. The Balaban J connectivity index is 2.24. The van der Waals surface area contributed by atoms with Crippen LogP contribution in [0.5, 0.6) is 0 Å². The second-order valence-corrected chi connectivity index (χ2v) is 7.36. The molecule has 0 aromatic heterocycles. The highest BCUT2D eigenvalue weighted by molar-refractivity contribution is 8.00. The second kappa shape index (κ2) is 9.78. The zero-order valence-electron chi connectivity index (χ0n) is 15.1. The third kappa shape index (κ3) is 6.14. The van der Waals surface area contributed by atoms with E-state index >= 15 is 0 Å². The van der Waals surface area contributed by atoms with Crippen molar-refractivity contribution in [1.82, 2.24) is 5.32 Å². The molecule has 7 heteroatoms.